The zero-order chi connectivity index (χ0) is 13.5. The first-order chi connectivity index (χ1) is 9.33. The number of nitrogens with zero attached hydrogens (tertiary/aromatic N) is 2. The van der Waals surface area contributed by atoms with E-state index in [9.17, 15) is 0 Å². The third-order valence-electron chi connectivity index (χ3n) is 4.07. The SMILES string of the molecule is CCCC(CN)N1CCN(Cc2ccccc2)CC1. The van der Waals surface area contributed by atoms with Crippen LogP contribution in [0.2, 0.25) is 0 Å². The average molecular weight is 261 g/mol. The number of hydrogen-bond acceptors (Lipinski definition) is 3. The van der Waals surface area contributed by atoms with Crippen LogP contribution in [0.5, 0.6) is 0 Å². The largest absolute Gasteiger partial charge is 0.329 e. The van der Waals surface area contributed by atoms with Crippen molar-refractivity contribution in [2.45, 2.75) is 32.4 Å². The number of hydrogen-bond donors (Lipinski definition) is 1. The Labute approximate surface area is 117 Å². The van der Waals surface area contributed by atoms with Gasteiger partial charge in [0, 0.05) is 45.3 Å². The Kier molecular flexibility index (Phi) is 5.83. The molecule has 0 amide bonds. The number of benzene rings is 1. The zero-order valence-corrected chi connectivity index (χ0v) is 12.1. The van der Waals surface area contributed by atoms with Crippen LogP contribution < -0.4 is 5.73 Å². The second-order valence-electron chi connectivity index (χ2n) is 5.48. The first-order valence-corrected chi connectivity index (χ1v) is 7.54. The lowest BCUT2D eigenvalue weighted by Gasteiger charge is -2.39. The molecule has 2 N–H and O–H groups in total. The first-order valence-electron chi connectivity index (χ1n) is 7.54. The van der Waals surface area contributed by atoms with Gasteiger partial charge in [0.05, 0.1) is 0 Å². The zero-order valence-electron chi connectivity index (χ0n) is 12.1. The van der Waals surface area contributed by atoms with E-state index in [1.165, 1.54) is 18.4 Å². The summed E-state index contributed by atoms with van der Waals surface area (Å²) < 4.78 is 0. The molecule has 3 nitrogen and oxygen atoms in total. The lowest BCUT2D eigenvalue weighted by Crippen LogP contribution is -2.51. The second-order valence-corrected chi connectivity index (χ2v) is 5.48. The van der Waals surface area contributed by atoms with E-state index >= 15 is 0 Å². The second kappa shape index (κ2) is 7.63. The predicted molar refractivity (Wildman–Crippen MR) is 81.0 cm³/mol. The molecular formula is C16H27N3. The lowest BCUT2D eigenvalue weighted by molar-refractivity contribution is 0.0905. The molecule has 1 aromatic carbocycles. The van der Waals surface area contributed by atoms with Crippen molar-refractivity contribution in [2.75, 3.05) is 32.7 Å². The fourth-order valence-electron chi connectivity index (χ4n) is 2.91. The van der Waals surface area contributed by atoms with Crippen LogP contribution in [-0.4, -0.2) is 48.6 Å². The summed E-state index contributed by atoms with van der Waals surface area (Å²) in [4.78, 5) is 5.12. The van der Waals surface area contributed by atoms with Crippen LogP contribution in [0.3, 0.4) is 0 Å². The smallest absolute Gasteiger partial charge is 0.0234 e. The molecule has 0 spiro atoms. The van der Waals surface area contributed by atoms with Crippen molar-refractivity contribution >= 4 is 0 Å². The van der Waals surface area contributed by atoms with Crippen LogP contribution >= 0.6 is 0 Å². The highest BCUT2D eigenvalue weighted by Crippen LogP contribution is 2.12. The topological polar surface area (TPSA) is 32.5 Å². The van der Waals surface area contributed by atoms with Gasteiger partial charge in [-0.2, -0.15) is 0 Å². The van der Waals surface area contributed by atoms with Gasteiger partial charge in [-0.1, -0.05) is 43.7 Å². The van der Waals surface area contributed by atoms with Crippen LogP contribution in [0.15, 0.2) is 30.3 Å². The summed E-state index contributed by atoms with van der Waals surface area (Å²) in [5.74, 6) is 0. The summed E-state index contributed by atoms with van der Waals surface area (Å²) in [5.41, 5.74) is 7.31. The molecule has 1 saturated heterocycles. The van der Waals surface area contributed by atoms with Crippen LogP contribution in [-0.2, 0) is 6.54 Å². The van der Waals surface area contributed by atoms with Crippen LogP contribution in [0.4, 0.5) is 0 Å². The molecule has 19 heavy (non-hydrogen) atoms. The van der Waals surface area contributed by atoms with Gasteiger partial charge >= 0.3 is 0 Å². The Morgan fingerprint density at radius 2 is 1.79 bits per heavy atom. The van der Waals surface area contributed by atoms with Gasteiger partial charge in [0.15, 0.2) is 0 Å². The van der Waals surface area contributed by atoms with Gasteiger partial charge in [-0.25, -0.2) is 0 Å². The Morgan fingerprint density at radius 1 is 1.11 bits per heavy atom. The highest BCUT2D eigenvalue weighted by atomic mass is 15.3. The summed E-state index contributed by atoms with van der Waals surface area (Å²) in [5, 5.41) is 0. The third kappa shape index (κ3) is 4.30. The normalized spacial score (nSPS) is 19.5. The van der Waals surface area contributed by atoms with Gasteiger partial charge in [0.1, 0.15) is 0 Å². The molecule has 1 aliphatic heterocycles. The fourth-order valence-corrected chi connectivity index (χ4v) is 2.91. The van der Waals surface area contributed by atoms with Crippen molar-refractivity contribution in [1.29, 1.82) is 0 Å². The van der Waals surface area contributed by atoms with Gasteiger partial charge in [-0.15, -0.1) is 0 Å². The minimum Gasteiger partial charge on any atom is -0.329 e. The molecule has 0 aromatic heterocycles. The van der Waals surface area contributed by atoms with E-state index in [1.807, 2.05) is 0 Å². The Hall–Kier alpha value is -0.900. The van der Waals surface area contributed by atoms with E-state index in [1.54, 1.807) is 0 Å². The van der Waals surface area contributed by atoms with Crippen molar-refractivity contribution < 1.29 is 0 Å². The Balaban J connectivity index is 1.79. The van der Waals surface area contributed by atoms with Gasteiger partial charge in [0.25, 0.3) is 0 Å². The quantitative estimate of drug-likeness (QED) is 0.849. The molecular weight excluding hydrogens is 234 g/mol. The van der Waals surface area contributed by atoms with Crippen LogP contribution in [0, 0.1) is 0 Å². The molecule has 1 aliphatic rings. The first kappa shape index (κ1) is 14.5. The standard InChI is InChI=1S/C16H27N3/c1-2-6-16(13-17)19-11-9-18(10-12-19)14-15-7-4-3-5-8-15/h3-5,7-8,16H,2,6,9-14,17H2,1H3. The molecule has 106 valence electrons. The monoisotopic (exact) mass is 261 g/mol. The average Bonchev–Trinajstić information content (AvgIpc) is 2.47. The summed E-state index contributed by atoms with van der Waals surface area (Å²) in [6.45, 7) is 8.77. The summed E-state index contributed by atoms with van der Waals surface area (Å²) in [6.07, 6.45) is 2.46. The minimum atomic E-state index is 0.587. The number of nitrogens with two attached hydrogens (primary N) is 1. The van der Waals surface area contributed by atoms with Crippen LogP contribution in [0.25, 0.3) is 0 Å². The molecule has 0 saturated carbocycles. The van der Waals surface area contributed by atoms with Gasteiger partial charge in [-0.3, -0.25) is 9.80 Å². The number of piperazine rings is 1. The number of rotatable bonds is 6. The highest BCUT2D eigenvalue weighted by molar-refractivity contribution is 5.14. The highest BCUT2D eigenvalue weighted by Gasteiger charge is 2.22. The molecule has 1 fully saturated rings. The molecule has 0 bridgehead atoms. The molecule has 1 heterocycles. The third-order valence-corrected chi connectivity index (χ3v) is 4.07. The minimum absolute atomic E-state index is 0.587. The molecule has 2 rings (SSSR count). The Bertz CT molecular complexity index is 344. The van der Waals surface area contributed by atoms with E-state index in [0.717, 1.165) is 39.3 Å². The fraction of sp³-hybridized carbons (Fsp3) is 0.625. The predicted octanol–water partition coefficient (Wildman–Crippen LogP) is 1.93. The van der Waals surface area contributed by atoms with Crippen molar-refractivity contribution in [3.63, 3.8) is 0 Å². The van der Waals surface area contributed by atoms with E-state index in [4.69, 9.17) is 5.73 Å². The molecule has 1 unspecified atom stereocenters. The molecule has 0 radical (unpaired) electrons. The summed E-state index contributed by atoms with van der Waals surface area (Å²) >= 11 is 0. The maximum absolute atomic E-state index is 5.89. The van der Waals surface area contributed by atoms with Gasteiger partial charge < -0.3 is 5.73 Å². The van der Waals surface area contributed by atoms with Crippen molar-refractivity contribution in [1.82, 2.24) is 9.80 Å². The van der Waals surface area contributed by atoms with Crippen molar-refractivity contribution in [3.8, 4) is 0 Å². The maximum atomic E-state index is 5.89. The molecule has 1 aromatic rings. The Morgan fingerprint density at radius 3 is 2.37 bits per heavy atom. The van der Waals surface area contributed by atoms with Gasteiger partial charge in [-0.05, 0) is 12.0 Å². The van der Waals surface area contributed by atoms with Crippen molar-refractivity contribution in [3.05, 3.63) is 35.9 Å². The van der Waals surface area contributed by atoms with E-state index < -0.39 is 0 Å². The van der Waals surface area contributed by atoms with E-state index in [2.05, 4.69) is 47.1 Å². The molecule has 0 aliphatic carbocycles. The van der Waals surface area contributed by atoms with Crippen LogP contribution in [0.1, 0.15) is 25.3 Å². The summed E-state index contributed by atoms with van der Waals surface area (Å²) in [7, 11) is 0. The van der Waals surface area contributed by atoms with E-state index in [-0.39, 0.29) is 0 Å². The van der Waals surface area contributed by atoms with E-state index in [0.29, 0.717) is 6.04 Å². The maximum Gasteiger partial charge on any atom is 0.0234 e. The molecule has 1 atom stereocenters. The summed E-state index contributed by atoms with van der Waals surface area (Å²) in [6, 6.07) is 11.3. The van der Waals surface area contributed by atoms with Crippen molar-refractivity contribution in [2.24, 2.45) is 5.73 Å². The van der Waals surface area contributed by atoms with Gasteiger partial charge in [0.2, 0.25) is 0 Å². The molecule has 3 heteroatoms. The lowest BCUT2D eigenvalue weighted by atomic mass is 10.1.